The Kier molecular flexibility index (Phi) is 6.45. The second-order valence-electron chi connectivity index (χ2n) is 8.50. The van der Waals surface area contributed by atoms with Crippen molar-refractivity contribution in [2.24, 2.45) is 5.92 Å². The summed E-state index contributed by atoms with van der Waals surface area (Å²) in [7, 11) is 1.35. The normalized spacial score (nSPS) is 18.7. The number of carbonyl (C=O) groups is 3. The minimum atomic E-state index is -0.777. The largest absolute Gasteiger partial charge is 0.489 e. The Morgan fingerprint density at radius 3 is 2.06 bits per heavy atom. The number of hydrogen-bond acceptors (Lipinski definition) is 5. The number of allylic oxidation sites excluding steroid dienone is 2. The quantitative estimate of drug-likeness (QED) is 0.609. The standard InChI is InChI=1S/C27H27NO5/c1-17(2)33-26-24(30)22-20(14-18-10-6-4-7-11-18)27(31)28(15-19-12-8-5-9-13-19)16-21(22)23(29)25(26)32-3/h4-13,17,20H,14-16H2,1-3H3. The van der Waals surface area contributed by atoms with Gasteiger partial charge in [0, 0.05) is 17.7 Å². The molecule has 6 heteroatoms. The highest BCUT2D eigenvalue weighted by molar-refractivity contribution is 6.26. The Morgan fingerprint density at radius 1 is 0.879 bits per heavy atom. The number of amides is 1. The van der Waals surface area contributed by atoms with Gasteiger partial charge in [0.05, 0.1) is 25.7 Å². The van der Waals surface area contributed by atoms with E-state index in [0.717, 1.165) is 11.1 Å². The molecule has 0 fully saturated rings. The van der Waals surface area contributed by atoms with Crippen LogP contribution in [0.2, 0.25) is 0 Å². The summed E-state index contributed by atoms with van der Waals surface area (Å²) >= 11 is 0. The van der Waals surface area contributed by atoms with E-state index < -0.39 is 17.5 Å². The monoisotopic (exact) mass is 445 g/mol. The molecule has 1 heterocycles. The molecule has 0 spiro atoms. The SMILES string of the molecule is COC1=C(OC(C)C)C(=O)C2=C(CN(Cc3ccccc3)C(=O)C2Cc2ccccc2)C1=O. The van der Waals surface area contributed by atoms with Crippen LogP contribution >= 0.6 is 0 Å². The number of benzene rings is 2. The number of ether oxygens (including phenoxy) is 2. The minimum absolute atomic E-state index is 0.0563. The molecule has 1 atom stereocenters. The van der Waals surface area contributed by atoms with Gasteiger partial charge in [0.2, 0.25) is 29.0 Å². The van der Waals surface area contributed by atoms with E-state index in [0.29, 0.717) is 18.5 Å². The number of hydrogen-bond donors (Lipinski definition) is 0. The first-order valence-corrected chi connectivity index (χ1v) is 11.0. The van der Waals surface area contributed by atoms with Gasteiger partial charge in [-0.25, -0.2) is 0 Å². The molecular formula is C27H27NO5. The molecule has 1 aliphatic carbocycles. The highest BCUT2D eigenvalue weighted by Gasteiger charge is 2.47. The number of methoxy groups -OCH3 is 1. The molecule has 2 aliphatic rings. The second kappa shape index (κ2) is 9.45. The Hall–Kier alpha value is -3.67. The van der Waals surface area contributed by atoms with Crippen LogP contribution in [0.4, 0.5) is 0 Å². The van der Waals surface area contributed by atoms with E-state index in [9.17, 15) is 14.4 Å². The summed E-state index contributed by atoms with van der Waals surface area (Å²) in [4.78, 5) is 42.3. The molecule has 0 bridgehead atoms. The lowest BCUT2D eigenvalue weighted by Gasteiger charge is -2.37. The van der Waals surface area contributed by atoms with Crippen LogP contribution in [0.25, 0.3) is 0 Å². The zero-order valence-corrected chi connectivity index (χ0v) is 19.0. The number of nitrogens with zero attached hydrogens (tertiary/aromatic N) is 1. The van der Waals surface area contributed by atoms with Gasteiger partial charge in [0.15, 0.2) is 0 Å². The lowest BCUT2D eigenvalue weighted by atomic mass is 9.77. The van der Waals surface area contributed by atoms with Crippen molar-refractivity contribution in [1.82, 2.24) is 4.90 Å². The van der Waals surface area contributed by atoms with Crippen LogP contribution in [0.3, 0.4) is 0 Å². The fourth-order valence-electron chi connectivity index (χ4n) is 4.37. The topological polar surface area (TPSA) is 72.9 Å². The molecule has 0 N–H and O–H groups in total. The maximum atomic E-state index is 13.7. The van der Waals surface area contributed by atoms with Gasteiger partial charge in [-0.15, -0.1) is 0 Å². The maximum Gasteiger partial charge on any atom is 0.231 e. The van der Waals surface area contributed by atoms with Crippen LogP contribution in [-0.2, 0) is 36.8 Å². The number of Topliss-reactive ketones (excluding diaryl/α,β-unsaturated/α-hetero) is 2. The van der Waals surface area contributed by atoms with Crippen molar-refractivity contribution in [3.8, 4) is 0 Å². The van der Waals surface area contributed by atoms with Crippen molar-refractivity contribution >= 4 is 17.5 Å². The zero-order valence-electron chi connectivity index (χ0n) is 19.0. The second-order valence-corrected chi connectivity index (χ2v) is 8.50. The molecule has 1 aliphatic heterocycles. The summed E-state index contributed by atoms with van der Waals surface area (Å²) in [5.41, 5.74) is 2.41. The lowest BCUT2D eigenvalue weighted by molar-refractivity contribution is -0.138. The summed E-state index contributed by atoms with van der Waals surface area (Å²) in [6.45, 7) is 3.96. The summed E-state index contributed by atoms with van der Waals surface area (Å²) in [6, 6.07) is 19.1. The highest BCUT2D eigenvalue weighted by atomic mass is 16.5. The first-order valence-electron chi connectivity index (χ1n) is 11.0. The zero-order chi connectivity index (χ0) is 23.5. The molecular weight excluding hydrogens is 418 g/mol. The molecule has 2 aromatic carbocycles. The first kappa shape index (κ1) is 22.5. The van der Waals surface area contributed by atoms with E-state index in [2.05, 4.69) is 0 Å². The molecule has 0 radical (unpaired) electrons. The smallest absolute Gasteiger partial charge is 0.231 e. The van der Waals surface area contributed by atoms with Gasteiger partial charge < -0.3 is 14.4 Å². The van der Waals surface area contributed by atoms with Crippen molar-refractivity contribution in [2.75, 3.05) is 13.7 Å². The maximum absolute atomic E-state index is 13.7. The Labute approximate surface area is 193 Å². The van der Waals surface area contributed by atoms with E-state index in [4.69, 9.17) is 9.47 Å². The van der Waals surface area contributed by atoms with E-state index in [1.807, 2.05) is 60.7 Å². The molecule has 0 saturated heterocycles. The third-order valence-electron chi connectivity index (χ3n) is 5.83. The molecule has 6 nitrogen and oxygen atoms in total. The molecule has 33 heavy (non-hydrogen) atoms. The van der Waals surface area contributed by atoms with Gasteiger partial charge in [0.1, 0.15) is 0 Å². The van der Waals surface area contributed by atoms with Crippen LogP contribution < -0.4 is 0 Å². The van der Waals surface area contributed by atoms with Crippen molar-refractivity contribution in [3.63, 3.8) is 0 Å². The van der Waals surface area contributed by atoms with Crippen molar-refractivity contribution in [2.45, 2.75) is 32.9 Å². The van der Waals surface area contributed by atoms with E-state index in [-0.39, 0.29) is 35.6 Å². The predicted octanol–water partition coefficient (Wildman–Crippen LogP) is 3.62. The number of rotatable bonds is 7. The molecule has 4 rings (SSSR count). The third kappa shape index (κ3) is 4.46. The molecule has 1 unspecified atom stereocenters. The number of carbonyl (C=O) groups excluding carboxylic acids is 3. The molecule has 170 valence electrons. The van der Waals surface area contributed by atoms with Gasteiger partial charge in [-0.3, -0.25) is 14.4 Å². The summed E-state index contributed by atoms with van der Waals surface area (Å²) in [5.74, 6) is -2.00. The van der Waals surface area contributed by atoms with Gasteiger partial charge >= 0.3 is 0 Å². The van der Waals surface area contributed by atoms with Crippen molar-refractivity contribution in [1.29, 1.82) is 0 Å². The van der Waals surface area contributed by atoms with Crippen LogP contribution in [0.15, 0.2) is 83.3 Å². The fourth-order valence-corrected chi connectivity index (χ4v) is 4.37. The molecule has 0 saturated carbocycles. The number of ketones is 2. The van der Waals surface area contributed by atoms with Gasteiger partial charge in [-0.05, 0) is 31.4 Å². The van der Waals surface area contributed by atoms with Gasteiger partial charge in [0.25, 0.3) is 0 Å². The Balaban J connectivity index is 1.78. The third-order valence-corrected chi connectivity index (χ3v) is 5.83. The van der Waals surface area contributed by atoms with E-state index in [1.165, 1.54) is 7.11 Å². The predicted molar refractivity (Wildman–Crippen MR) is 123 cm³/mol. The van der Waals surface area contributed by atoms with Crippen LogP contribution in [0.5, 0.6) is 0 Å². The summed E-state index contributed by atoms with van der Waals surface area (Å²) < 4.78 is 11.0. The molecule has 1 amide bonds. The Morgan fingerprint density at radius 2 is 1.48 bits per heavy atom. The van der Waals surface area contributed by atoms with Crippen LogP contribution in [-0.4, -0.2) is 42.1 Å². The van der Waals surface area contributed by atoms with Crippen LogP contribution in [0, 0.1) is 5.92 Å². The Bertz CT molecular complexity index is 1130. The fraction of sp³-hybridized carbons (Fsp3) is 0.296. The highest BCUT2D eigenvalue weighted by Crippen LogP contribution is 2.37. The summed E-state index contributed by atoms with van der Waals surface area (Å²) in [5, 5.41) is 0. The average molecular weight is 446 g/mol. The molecule has 2 aromatic rings. The van der Waals surface area contributed by atoms with Crippen LogP contribution in [0.1, 0.15) is 25.0 Å². The summed E-state index contributed by atoms with van der Waals surface area (Å²) in [6.07, 6.45) is -0.00871. The molecule has 0 aromatic heterocycles. The van der Waals surface area contributed by atoms with Crippen molar-refractivity contribution in [3.05, 3.63) is 94.5 Å². The lowest BCUT2D eigenvalue weighted by Crippen LogP contribution is -2.48. The van der Waals surface area contributed by atoms with Gasteiger partial charge in [-0.2, -0.15) is 0 Å². The van der Waals surface area contributed by atoms with Gasteiger partial charge in [-0.1, -0.05) is 60.7 Å². The average Bonchev–Trinajstić information content (AvgIpc) is 2.81. The van der Waals surface area contributed by atoms with Crippen molar-refractivity contribution < 1.29 is 23.9 Å². The van der Waals surface area contributed by atoms with E-state index in [1.54, 1.807) is 18.7 Å². The first-order chi connectivity index (χ1) is 15.9. The van der Waals surface area contributed by atoms with E-state index >= 15 is 0 Å². The minimum Gasteiger partial charge on any atom is -0.489 e.